The molecular weight excluding hydrogens is 478 g/mol. The van der Waals surface area contributed by atoms with Crippen molar-refractivity contribution < 1.29 is 18.4 Å². The van der Waals surface area contributed by atoms with Gasteiger partial charge < -0.3 is 10.2 Å². The summed E-state index contributed by atoms with van der Waals surface area (Å²) in [4.78, 5) is 28.3. The minimum absolute atomic E-state index is 0.0333. The molecule has 0 heterocycles. The van der Waals surface area contributed by atoms with E-state index in [2.05, 4.69) is 5.32 Å². The van der Waals surface area contributed by atoms with E-state index < -0.39 is 11.9 Å². The van der Waals surface area contributed by atoms with Gasteiger partial charge in [-0.15, -0.1) is 11.8 Å². The van der Waals surface area contributed by atoms with Crippen molar-refractivity contribution in [3.05, 3.63) is 107 Å². The molecule has 0 fully saturated rings. The summed E-state index contributed by atoms with van der Waals surface area (Å²) < 4.78 is 28.6. The van der Waals surface area contributed by atoms with E-state index in [0.717, 1.165) is 5.56 Å². The van der Waals surface area contributed by atoms with Crippen LogP contribution < -0.4 is 5.32 Å². The first-order valence-electron chi connectivity index (χ1n) is 12.0. The summed E-state index contributed by atoms with van der Waals surface area (Å²) in [5.41, 5.74) is 1.73. The molecule has 4 nitrogen and oxygen atoms in total. The van der Waals surface area contributed by atoms with Crippen molar-refractivity contribution in [2.24, 2.45) is 5.92 Å². The van der Waals surface area contributed by atoms with E-state index in [1.165, 1.54) is 28.8 Å². The Bertz CT molecular complexity index is 1140. The lowest BCUT2D eigenvalue weighted by atomic mass is 10.0. The summed E-state index contributed by atoms with van der Waals surface area (Å²) in [5.74, 6) is -0.763. The quantitative estimate of drug-likeness (QED) is 0.345. The fourth-order valence-corrected chi connectivity index (χ4v) is 4.63. The second kappa shape index (κ2) is 13.8. The van der Waals surface area contributed by atoms with Gasteiger partial charge in [0.1, 0.15) is 17.7 Å². The first-order valence-corrected chi connectivity index (χ1v) is 13.2. The number of carbonyl (C=O) groups excluding carboxylic acids is 2. The zero-order valence-corrected chi connectivity index (χ0v) is 21.4. The largest absolute Gasteiger partial charge is 0.354 e. The first kappa shape index (κ1) is 27.4. The van der Waals surface area contributed by atoms with Crippen LogP contribution in [-0.2, 0) is 28.3 Å². The maximum absolute atomic E-state index is 14.6. The Morgan fingerprint density at radius 2 is 1.44 bits per heavy atom. The van der Waals surface area contributed by atoms with Crippen LogP contribution in [0.5, 0.6) is 0 Å². The highest BCUT2D eigenvalue weighted by Crippen LogP contribution is 2.20. The van der Waals surface area contributed by atoms with Crippen molar-refractivity contribution in [3.63, 3.8) is 0 Å². The number of nitrogens with one attached hydrogen (secondary N) is 1. The molecule has 36 heavy (non-hydrogen) atoms. The van der Waals surface area contributed by atoms with Gasteiger partial charge in [0.2, 0.25) is 11.8 Å². The summed E-state index contributed by atoms with van der Waals surface area (Å²) in [7, 11) is 0. The molecule has 0 aliphatic carbocycles. The predicted octanol–water partition coefficient (Wildman–Crippen LogP) is 5.61. The Morgan fingerprint density at radius 1 is 0.861 bits per heavy atom. The van der Waals surface area contributed by atoms with E-state index in [4.69, 9.17) is 0 Å². The van der Waals surface area contributed by atoms with Crippen molar-refractivity contribution in [2.75, 3.05) is 12.3 Å². The molecule has 0 aromatic heterocycles. The molecule has 2 amide bonds. The van der Waals surface area contributed by atoms with Crippen LogP contribution in [0.4, 0.5) is 8.78 Å². The van der Waals surface area contributed by atoms with Gasteiger partial charge in [-0.3, -0.25) is 9.59 Å². The summed E-state index contributed by atoms with van der Waals surface area (Å²) in [5, 5.41) is 2.94. The standard InChI is InChI=1S/C29H32F2N2O2S/c1-21(2)17-32-29(35)27(16-22-10-4-3-5-11-22)33(18-23-12-6-8-14-25(23)30)28(34)20-36-19-24-13-7-9-15-26(24)31/h3-15,21,27H,16-20H2,1-2H3,(H,32,35). The topological polar surface area (TPSA) is 49.4 Å². The van der Waals surface area contributed by atoms with Crippen LogP contribution in [0.3, 0.4) is 0 Å². The van der Waals surface area contributed by atoms with E-state index in [-0.39, 0.29) is 35.8 Å². The first-order chi connectivity index (χ1) is 17.3. The third kappa shape index (κ3) is 8.19. The van der Waals surface area contributed by atoms with E-state index in [0.29, 0.717) is 29.8 Å². The van der Waals surface area contributed by atoms with Crippen LogP contribution in [0.15, 0.2) is 78.9 Å². The lowest BCUT2D eigenvalue weighted by Crippen LogP contribution is -2.51. The monoisotopic (exact) mass is 510 g/mol. The van der Waals surface area contributed by atoms with Crippen LogP contribution in [-0.4, -0.2) is 35.1 Å². The van der Waals surface area contributed by atoms with Crippen LogP contribution in [0.2, 0.25) is 0 Å². The van der Waals surface area contributed by atoms with Crippen LogP contribution in [0.25, 0.3) is 0 Å². The average molecular weight is 511 g/mol. The van der Waals surface area contributed by atoms with Gasteiger partial charge in [0.05, 0.1) is 5.75 Å². The number of halogens is 2. The van der Waals surface area contributed by atoms with Crippen molar-refractivity contribution in [1.82, 2.24) is 10.2 Å². The van der Waals surface area contributed by atoms with E-state index >= 15 is 0 Å². The molecule has 0 bridgehead atoms. The number of benzene rings is 3. The Kier molecular flexibility index (Phi) is 10.5. The number of rotatable bonds is 12. The maximum atomic E-state index is 14.6. The second-order valence-electron chi connectivity index (χ2n) is 9.04. The summed E-state index contributed by atoms with van der Waals surface area (Å²) in [6.45, 7) is 4.41. The van der Waals surface area contributed by atoms with Gasteiger partial charge in [0.15, 0.2) is 0 Å². The highest BCUT2D eigenvalue weighted by atomic mass is 32.2. The fraction of sp³-hybridized carbons (Fsp3) is 0.310. The molecule has 3 rings (SSSR count). The second-order valence-corrected chi connectivity index (χ2v) is 10.0. The van der Waals surface area contributed by atoms with Crippen molar-refractivity contribution >= 4 is 23.6 Å². The van der Waals surface area contributed by atoms with Gasteiger partial charge >= 0.3 is 0 Å². The minimum Gasteiger partial charge on any atom is -0.354 e. The Balaban J connectivity index is 1.86. The Hall–Kier alpha value is -3.19. The molecule has 1 atom stereocenters. The maximum Gasteiger partial charge on any atom is 0.243 e. The van der Waals surface area contributed by atoms with Crippen molar-refractivity contribution in [1.29, 1.82) is 0 Å². The summed E-state index contributed by atoms with van der Waals surface area (Å²) >= 11 is 1.27. The molecule has 3 aromatic carbocycles. The molecule has 0 aliphatic rings. The minimum atomic E-state index is -0.827. The number of hydrogen-bond donors (Lipinski definition) is 1. The molecule has 0 spiro atoms. The zero-order valence-electron chi connectivity index (χ0n) is 20.6. The molecule has 190 valence electrons. The molecule has 0 saturated heterocycles. The summed E-state index contributed by atoms with van der Waals surface area (Å²) in [6, 6.07) is 21.3. The van der Waals surface area contributed by atoms with Crippen molar-refractivity contribution in [3.8, 4) is 0 Å². The molecule has 7 heteroatoms. The highest BCUT2D eigenvalue weighted by Gasteiger charge is 2.31. The predicted molar refractivity (Wildman–Crippen MR) is 141 cm³/mol. The van der Waals surface area contributed by atoms with Gasteiger partial charge in [-0.05, 0) is 29.2 Å². The Morgan fingerprint density at radius 3 is 2.06 bits per heavy atom. The highest BCUT2D eigenvalue weighted by molar-refractivity contribution is 7.99. The van der Waals surface area contributed by atoms with E-state index in [1.807, 2.05) is 44.2 Å². The van der Waals surface area contributed by atoms with Crippen LogP contribution in [0.1, 0.15) is 30.5 Å². The Labute approximate surface area is 216 Å². The number of carbonyl (C=O) groups is 2. The number of nitrogens with zero attached hydrogens (tertiary/aromatic N) is 1. The van der Waals surface area contributed by atoms with Gasteiger partial charge in [0, 0.05) is 30.8 Å². The summed E-state index contributed by atoms with van der Waals surface area (Å²) in [6.07, 6.45) is 0.295. The third-order valence-corrected chi connectivity index (χ3v) is 6.66. The van der Waals surface area contributed by atoms with Crippen LogP contribution in [0, 0.1) is 17.6 Å². The van der Waals surface area contributed by atoms with Gasteiger partial charge in [-0.2, -0.15) is 0 Å². The van der Waals surface area contributed by atoms with Gasteiger partial charge in [-0.25, -0.2) is 8.78 Å². The lowest BCUT2D eigenvalue weighted by molar-refractivity contribution is -0.139. The molecule has 1 unspecified atom stereocenters. The van der Waals surface area contributed by atoms with Gasteiger partial charge in [0.25, 0.3) is 0 Å². The van der Waals surface area contributed by atoms with Gasteiger partial charge in [-0.1, -0.05) is 80.6 Å². The molecule has 0 saturated carbocycles. The van der Waals surface area contributed by atoms with E-state index in [1.54, 1.807) is 36.4 Å². The number of hydrogen-bond acceptors (Lipinski definition) is 3. The smallest absolute Gasteiger partial charge is 0.243 e. The fourth-order valence-electron chi connectivity index (χ4n) is 3.73. The third-order valence-electron chi connectivity index (χ3n) is 5.70. The normalized spacial score (nSPS) is 11.8. The van der Waals surface area contributed by atoms with Crippen molar-refractivity contribution in [2.45, 2.75) is 38.6 Å². The molecule has 0 radical (unpaired) electrons. The molecule has 3 aromatic rings. The molecular formula is C29H32F2N2O2S. The number of amides is 2. The van der Waals surface area contributed by atoms with E-state index in [9.17, 15) is 18.4 Å². The zero-order chi connectivity index (χ0) is 25.9. The molecule has 0 aliphatic heterocycles. The average Bonchev–Trinajstić information content (AvgIpc) is 2.87. The lowest BCUT2D eigenvalue weighted by Gasteiger charge is -2.32. The van der Waals surface area contributed by atoms with Crippen LogP contribution >= 0.6 is 11.8 Å². The molecule has 1 N–H and O–H groups in total. The SMILES string of the molecule is CC(C)CNC(=O)C(Cc1ccccc1)N(Cc1ccccc1F)C(=O)CSCc1ccccc1F. The number of thioether (sulfide) groups is 1.